The van der Waals surface area contributed by atoms with Crippen LogP contribution in [0.5, 0.6) is 0 Å². The summed E-state index contributed by atoms with van der Waals surface area (Å²) in [5.74, 6) is -2.12. The number of aliphatic hydroxyl groups excluding tert-OH is 2. The van der Waals surface area contributed by atoms with E-state index in [2.05, 4.69) is 0 Å². The van der Waals surface area contributed by atoms with Crippen molar-refractivity contribution in [2.45, 2.75) is 63.8 Å². The number of allylic oxidation sites excluding steroid dienone is 4. The predicted octanol–water partition coefficient (Wildman–Crippen LogP) is 1.90. The van der Waals surface area contributed by atoms with Crippen LogP contribution in [-0.4, -0.2) is 50.9 Å². The number of hydrogen-bond acceptors (Lipinski definition) is 5. The maximum atomic E-state index is 16.9. The van der Waals surface area contributed by atoms with E-state index in [4.69, 9.17) is 0 Å². The summed E-state index contributed by atoms with van der Waals surface area (Å²) >= 11 is 0. The molecule has 4 rings (SSSR count). The second kappa shape index (κ2) is 5.83. The molecule has 5 nitrogen and oxygen atoms in total. The summed E-state index contributed by atoms with van der Waals surface area (Å²) in [5.41, 5.74) is -5.17. The Kier molecular flexibility index (Phi) is 4.15. The molecule has 0 spiro atoms. The van der Waals surface area contributed by atoms with Gasteiger partial charge in [0.2, 0.25) is 0 Å². The first-order chi connectivity index (χ1) is 13.0. The zero-order valence-corrected chi connectivity index (χ0v) is 16.6. The van der Waals surface area contributed by atoms with Crippen LogP contribution in [0.4, 0.5) is 4.39 Å². The van der Waals surface area contributed by atoms with Crippen molar-refractivity contribution in [3.05, 3.63) is 23.8 Å². The molecule has 154 valence electrons. The zero-order chi connectivity index (χ0) is 20.7. The second-order valence-corrected chi connectivity index (χ2v) is 9.75. The summed E-state index contributed by atoms with van der Waals surface area (Å²) in [5, 5.41) is 32.0. The summed E-state index contributed by atoms with van der Waals surface area (Å²) in [6.45, 7) is 4.48. The van der Waals surface area contributed by atoms with Crippen molar-refractivity contribution >= 4 is 11.6 Å². The first-order valence-electron chi connectivity index (χ1n) is 10.1. The minimum atomic E-state index is -1.98. The topological polar surface area (TPSA) is 94.8 Å². The van der Waals surface area contributed by atoms with Crippen molar-refractivity contribution < 1.29 is 29.3 Å². The van der Waals surface area contributed by atoms with Crippen LogP contribution in [0, 0.1) is 28.6 Å². The van der Waals surface area contributed by atoms with Crippen LogP contribution in [0.2, 0.25) is 0 Å². The highest BCUT2D eigenvalue weighted by Gasteiger charge is 2.75. The van der Waals surface area contributed by atoms with Gasteiger partial charge >= 0.3 is 0 Å². The number of aliphatic hydroxyl groups is 3. The summed E-state index contributed by atoms with van der Waals surface area (Å²) in [6.07, 6.45) is 4.44. The molecule has 4 aliphatic carbocycles. The third kappa shape index (κ3) is 2.01. The molecule has 3 saturated carbocycles. The number of Topliss-reactive ketones (excluding diaryl/α,β-unsaturated/α-hetero) is 1. The normalized spacial score (nSPS) is 52.5. The predicted molar refractivity (Wildman–Crippen MR) is 99.9 cm³/mol. The number of carbonyl (C=O) groups excluding carboxylic acids is 2. The molecule has 0 amide bonds. The number of ketones is 2. The van der Waals surface area contributed by atoms with Gasteiger partial charge in [0.15, 0.2) is 17.2 Å². The highest BCUT2D eigenvalue weighted by atomic mass is 19.1. The molecule has 0 bridgehead atoms. The fourth-order valence-electron chi connectivity index (χ4n) is 7.26. The SMILES string of the molecule is C[C@@H]1C[C@H]2[C@@H]3CCC4=CC(=O)C=C[C@]4(C)C3(F)[C@H](O)C[C@]2(C)[C@@]1(O)C(=O)CO. The molecule has 0 aliphatic heterocycles. The lowest BCUT2D eigenvalue weighted by molar-refractivity contribution is -0.219. The Bertz CT molecular complexity index is 805. The molecule has 0 heterocycles. The van der Waals surface area contributed by atoms with E-state index in [0.717, 1.165) is 0 Å². The van der Waals surface area contributed by atoms with Crippen LogP contribution in [-0.2, 0) is 9.59 Å². The number of hydrogen-bond donors (Lipinski definition) is 3. The quantitative estimate of drug-likeness (QED) is 0.667. The number of carbonyl (C=O) groups is 2. The minimum Gasteiger partial charge on any atom is -0.390 e. The van der Waals surface area contributed by atoms with Crippen molar-refractivity contribution in [1.82, 2.24) is 0 Å². The number of fused-ring (bicyclic) bond motifs is 5. The number of halogens is 1. The van der Waals surface area contributed by atoms with Gasteiger partial charge in [-0.15, -0.1) is 0 Å². The summed E-state index contributed by atoms with van der Waals surface area (Å²) < 4.78 is 16.9. The van der Waals surface area contributed by atoms with Gasteiger partial charge in [0.1, 0.15) is 12.2 Å². The molecule has 3 fully saturated rings. The third-order valence-electron chi connectivity index (χ3n) is 8.79. The Morgan fingerprint density at radius 2 is 2.00 bits per heavy atom. The Labute approximate surface area is 164 Å². The summed E-state index contributed by atoms with van der Waals surface area (Å²) in [6, 6.07) is 0. The molecular weight excluding hydrogens is 363 g/mol. The fraction of sp³-hybridized carbons (Fsp3) is 0.727. The number of alkyl halides is 1. The van der Waals surface area contributed by atoms with Gasteiger partial charge in [-0.1, -0.05) is 25.5 Å². The van der Waals surface area contributed by atoms with Crippen LogP contribution in [0.3, 0.4) is 0 Å². The monoisotopic (exact) mass is 392 g/mol. The molecule has 8 atom stereocenters. The molecule has 0 radical (unpaired) electrons. The smallest absolute Gasteiger partial charge is 0.190 e. The van der Waals surface area contributed by atoms with Crippen LogP contribution < -0.4 is 0 Å². The van der Waals surface area contributed by atoms with E-state index in [0.29, 0.717) is 24.8 Å². The standard InChI is InChI=1S/C22H29FO5/c1-12-8-16-15-5-4-13-9-14(25)6-7-19(13,2)21(15,23)17(26)10-20(16,3)22(12,28)18(27)11-24/h6-7,9,12,15-17,24,26,28H,4-5,8,10-11H2,1-3H3/t12-,15+,16+,17-,19+,20+,21?,22+/m1/s1. The van der Waals surface area contributed by atoms with Gasteiger partial charge in [0.25, 0.3) is 0 Å². The van der Waals surface area contributed by atoms with Crippen molar-refractivity contribution in [2.24, 2.45) is 28.6 Å². The average molecular weight is 392 g/mol. The second-order valence-electron chi connectivity index (χ2n) is 9.75. The van der Waals surface area contributed by atoms with E-state index < -0.39 is 52.4 Å². The van der Waals surface area contributed by atoms with E-state index in [1.165, 1.54) is 12.2 Å². The van der Waals surface area contributed by atoms with Crippen molar-refractivity contribution in [2.75, 3.05) is 6.61 Å². The molecule has 4 aliphatic rings. The molecular formula is C22H29FO5. The molecule has 0 aromatic heterocycles. The van der Waals surface area contributed by atoms with Crippen LogP contribution in [0.25, 0.3) is 0 Å². The third-order valence-corrected chi connectivity index (χ3v) is 8.79. The molecule has 0 saturated heterocycles. The molecule has 6 heteroatoms. The zero-order valence-electron chi connectivity index (χ0n) is 16.6. The highest BCUT2D eigenvalue weighted by Crippen LogP contribution is 2.70. The molecule has 1 unspecified atom stereocenters. The molecule has 0 aromatic rings. The first-order valence-corrected chi connectivity index (χ1v) is 10.1. The molecule has 0 aromatic carbocycles. The van der Waals surface area contributed by atoms with Gasteiger partial charge in [0.05, 0.1) is 6.10 Å². The number of rotatable bonds is 2. The van der Waals surface area contributed by atoms with Gasteiger partial charge in [-0.2, -0.15) is 0 Å². The molecule has 3 N–H and O–H groups in total. The Morgan fingerprint density at radius 3 is 2.64 bits per heavy atom. The van der Waals surface area contributed by atoms with E-state index in [1.807, 2.05) is 0 Å². The van der Waals surface area contributed by atoms with E-state index in [1.54, 1.807) is 26.8 Å². The van der Waals surface area contributed by atoms with Gasteiger partial charge < -0.3 is 15.3 Å². The van der Waals surface area contributed by atoms with Gasteiger partial charge in [-0.3, -0.25) is 9.59 Å². The van der Waals surface area contributed by atoms with E-state index in [9.17, 15) is 24.9 Å². The Hall–Kier alpha value is -1.37. The van der Waals surface area contributed by atoms with Gasteiger partial charge in [-0.05, 0) is 56.6 Å². The van der Waals surface area contributed by atoms with Gasteiger partial charge in [-0.25, -0.2) is 4.39 Å². The van der Waals surface area contributed by atoms with E-state index in [-0.39, 0.29) is 18.1 Å². The van der Waals surface area contributed by atoms with E-state index >= 15 is 4.39 Å². The van der Waals surface area contributed by atoms with Crippen LogP contribution >= 0.6 is 0 Å². The average Bonchev–Trinajstić information content (AvgIpc) is 2.84. The minimum absolute atomic E-state index is 0.0676. The van der Waals surface area contributed by atoms with Crippen LogP contribution in [0.1, 0.15) is 46.5 Å². The Morgan fingerprint density at radius 1 is 1.32 bits per heavy atom. The van der Waals surface area contributed by atoms with Gasteiger partial charge in [0, 0.05) is 16.7 Å². The molecule has 28 heavy (non-hydrogen) atoms. The van der Waals surface area contributed by atoms with Crippen molar-refractivity contribution in [1.29, 1.82) is 0 Å². The fourth-order valence-corrected chi connectivity index (χ4v) is 7.26. The summed E-state index contributed by atoms with van der Waals surface area (Å²) in [7, 11) is 0. The lowest BCUT2D eigenvalue weighted by Gasteiger charge is -2.62. The first kappa shape index (κ1) is 19.9. The highest BCUT2D eigenvalue weighted by molar-refractivity contribution is 6.01. The Balaban J connectivity index is 1.84. The van der Waals surface area contributed by atoms with Crippen molar-refractivity contribution in [3.8, 4) is 0 Å². The van der Waals surface area contributed by atoms with Crippen LogP contribution in [0.15, 0.2) is 23.8 Å². The maximum Gasteiger partial charge on any atom is 0.190 e. The largest absolute Gasteiger partial charge is 0.390 e. The van der Waals surface area contributed by atoms with Crippen molar-refractivity contribution in [3.63, 3.8) is 0 Å². The lowest BCUT2D eigenvalue weighted by atomic mass is 9.44. The maximum absolute atomic E-state index is 16.9. The summed E-state index contributed by atoms with van der Waals surface area (Å²) in [4.78, 5) is 24.4. The lowest BCUT2D eigenvalue weighted by Crippen LogP contribution is -2.69.